The van der Waals surface area contributed by atoms with Gasteiger partial charge in [-0.3, -0.25) is 4.79 Å². The van der Waals surface area contributed by atoms with Crippen LogP contribution in [0.25, 0.3) is 0 Å². The van der Waals surface area contributed by atoms with Crippen molar-refractivity contribution in [1.29, 1.82) is 0 Å². The molecule has 2 aromatic rings. The van der Waals surface area contributed by atoms with E-state index in [2.05, 4.69) is 67.3 Å². The van der Waals surface area contributed by atoms with Gasteiger partial charge in [0, 0.05) is 13.1 Å². The van der Waals surface area contributed by atoms with Crippen LogP contribution in [-0.4, -0.2) is 48.4 Å². The summed E-state index contributed by atoms with van der Waals surface area (Å²) in [7, 11) is 0. The maximum absolute atomic E-state index is 13.9. The quantitative estimate of drug-likeness (QED) is 0.696. The average molecular weight is 365 g/mol. The van der Waals surface area contributed by atoms with Crippen molar-refractivity contribution in [3.63, 3.8) is 0 Å². The third-order valence-corrected chi connectivity index (χ3v) is 5.95. The Labute approximate surface area is 164 Å². The normalized spacial score (nSPS) is 15.0. The Kier molecular flexibility index (Phi) is 6.68. The molecule has 0 aliphatic carbocycles. The molecule has 1 aliphatic heterocycles. The number of nitrogens with zero attached hydrogens (tertiary/aromatic N) is 2. The van der Waals surface area contributed by atoms with Gasteiger partial charge in [0.1, 0.15) is 5.41 Å². The highest BCUT2D eigenvalue weighted by Gasteiger charge is 2.43. The number of rotatable bonds is 8. The Hall–Kier alpha value is -2.13. The number of hydrogen-bond donors (Lipinski definition) is 0. The Morgan fingerprint density at radius 3 is 1.81 bits per heavy atom. The summed E-state index contributed by atoms with van der Waals surface area (Å²) in [6, 6.07) is 20.8. The molecule has 3 rings (SSSR count). The van der Waals surface area contributed by atoms with Gasteiger partial charge in [0.2, 0.25) is 5.91 Å². The first-order valence-corrected chi connectivity index (χ1v) is 10.3. The van der Waals surface area contributed by atoms with E-state index in [9.17, 15) is 4.79 Å². The fourth-order valence-corrected chi connectivity index (χ4v) is 4.37. The first-order valence-electron chi connectivity index (χ1n) is 10.3. The molecule has 1 saturated heterocycles. The van der Waals surface area contributed by atoms with Crippen LogP contribution in [0.15, 0.2) is 60.7 Å². The topological polar surface area (TPSA) is 23.6 Å². The largest absolute Gasteiger partial charge is 0.342 e. The van der Waals surface area contributed by atoms with E-state index in [1.807, 2.05) is 17.0 Å². The van der Waals surface area contributed by atoms with Crippen molar-refractivity contribution in [3.05, 3.63) is 71.8 Å². The highest BCUT2D eigenvalue weighted by atomic mass is 16.2. The molecule has 27 heavy (non-hydrogen) atoms. The number of benzene rings is 2. The fraction of sp³-hybridized carbons (Fsp3) is 0.458. The molecular formula is C24H32N2O. The Balaban J connectivity index is 2.09. The van der Waals surface area contributed by atoms with E-state index in [1.54, 1.807) is 0 Å². The van der Waals surface area contributed by atoms with Gasteiger partial charge in [-0.2, -0.15) is 0 Å². The SMILES string of the molecule is CCN(CC)C(=O)C(CCN1CCCC1)(c1ccccc1)c1ccccc1. The van der Waals surface area contributed by atoms with E-state index < -0.39 is 5.41 Å². The van der Waals surface area contributed by atoms with Crippen LogP contribution in [0.4, 0.5) is 0 Å². The van der Waals surface area contributed by atoms with E-state index in [1.165, 1.54) is 12.8 Å². The molecule has 0 unspecified atom stereocenters. The maximum Gasteiger partial charge on any atom is 0.237 e. The Morgan fingerprint density at radius 2 is 1.37 bits per heavy atom. The first-order chi connectivity index (χ1) is 13.2. The van der Waals surface area contributed by atoms with Crippen LogP contribution >= 0.6 is 0 Å². The highest BCUT2D eigenvalue weighted by molar-refractivity contribution is 5.92. The second kappa shape index (κ2) is 9.18. The monoisotopic (exact) mass is 364 g/mol. The molecule has 144 valence electrons. The van der Waals surface area contributed by atoms with Crippen LogP contribution in [0, 0.1) is 0 Å². The fourth-order valence-electron chi connectivity index (χ4n) is 4.37. The lowest BCUT2D eigenvalue weighted by molar-refractivity contribution is -0.136. The zero-order valence-electron chi connectivity index (χ0n) is 16.7. The van der Waals surface area contributed by atoms with Crippen LogP contribution in [-0.2, 0) is 10.2 Å². The standard InChI is InChI=1S/C24H32N2O/c1-3-26(4-2)23(27)24(21-13-7-5-8-14-21,22-15-9-6-10-16-22)17-20-25-18-11-12-19-25/h5-10,13-16H,3-4,11-12,17-20H2,1-2H3. The molecule has 1 aliphatic rings. The summed E-state index contributed by atoms with van der Waals surface area (Å²) in [6.07, 6.45) is 3.36. The van der Waals surface area contributed by atoms with Gasteiger partial charge < -0.3 is 9.80 Å². The van der Waals surface area contributed by atoms with Crippen LogP contribution in [0.5, 0.6) is 0 Å². The van der Waals surface area contributed by atoms with Crippen molar-refractivity contribution in [3.8, 4) is 0 Å². The first kappa shape index (κ1) is 19.6. The lowest BCUT2D eigenvalue weighted by Gasteiger charge is -2.39. The average Bonchev–Trinajstić information content (AvgIpc) is 3.25. The van der Waals surface area contributed by atoms with Crippen LogP contribution < -0.4 is 0 Å². The molecule has 0 saturated carbocycles. The third-order valence-electron chi connectivity index (χ3n) is 5.95. The highest BCUT2D eigenvalue weighted by Crippen LogP contribution is 2.38. The molecule has 1 heterocycles. The predicted octanol–water partition coefficient (Wildman–Crippen LogP) is 4.33. The summed E-state index contributed by atoms with van der Waals surface area (Å²) in [4.78, 5) is 18.4. The van der Waals surface area contributed by atoms with E-state index in [-0.39, 0.29) is 5.91 Å². The Morgan fingerprint density at radius 1 is 0.889 bits per heavy atom. The van der Waals surface area contributed by atoms with Gasteiger partial charge >= 0.3 is 0 Å². The van der Waals surface area contributed by atoms with Crippen LogP contribution in [0.3, 0.4) is 0 Å². The van der Waals surface area contributed by atoms with Crippen molar-refractivity contribution >= 4 is 5.91 Å². The zero-order chi connectivity index (χ0) is 19.1. The number of carbonyl (C=O) groups is 1. The lowest BCUT2D eigenvalue weighted by Crippen LogP contribution is -2.49. The van der Waals surface area contributed by atoms with Gasteiger partial charge in [0.05, 0.1) is 0 Å². The summed E-state index contributed by atoms with van der Waals surface area (Å²) in [5.74, 6) is 0.226. The maximum atomic E-state index is 13.9. The number of hydrogen-bond acceptors (Lipinski definition) is 2. The van der Waals surface area contributed by atoms with Crippen LogP contribution in [0.1, 0.15) is 44.2 Å². The molecule has 2 aromatic carbocycles. The van der Waals surface area contributed by atoms with E-state index in [4.69, 9.17) is 0 Å². The summed E-state index contributed by atoms with van der Waals surface area (Å²) in [6.45, 7) is 8.88. The molecule has 0 spiro atoms. The molecule has 1 fully saturated rings. The summed E-state index contributed by atoms with van der Waals surface area (Å²) in [5, 5.41) is 0. The van der Waals surface area contributed by atoms with Gasteiger partial charge in [-0.15, -0.1) is 0 Å². The predicted molar refractivity (Wildman–Crippen MR) is 112 cm³/mol. The zero-order valence-corrected chi connectivity index (χ0v) is 16.7. The molecule has 3 nitrogen and oxygen atoms in total. The molecule has 1 amide bonds. The van der Waals surface area contributed by atoms with Crippen molar-refractivity contribution in [1.82, 2.24) is 9.80 Å². The molecule has 0 aromatic heterocycles. The summed E-state index contributed by atoms with van der Waals surface area (Å²) >= 11 is 0. The number of carbonyl (C=O) groups excluding carboxylic acids is 1. The smallest absolute Gasteiger partial charge is 0.237 e. The van der Waals surface area contributed by atoms with Crippen molar-refractivity contribution in [2.75, 3.05) is 32.7 Å². The van der Waals surface area contributed by atoms with Crippen molar-refractivity contribution in [2.24, 2.45) is 0 Å². The third kappa shape index (κ3) is 4.08. The number of amides is 1. The second-order valence-electron chi connectivity index (χ2n) is 7.41. The minimum atomic E-state index is -0.628. The molecular weight excluding hydrogens is 332 g/mol. The Bertz CT molecular complexity index is 664. The summed E-state index contributed by atoms with van der Waals surface area (Å²) < 4.78 is 0. The lowest BCUT2D eigenvalue weighted by atomic mass is 9.70. The molecule has 0 atom stereocenters. The van der Waals surface area contributed by atoms with Gasteiger partial charge in [0.25, 0.3) is 0 Å². The van der Waals surface area contributed by atoms with Crippen LogP contribution in [0.2, 0.25) is 0 Å². The minimum absolute atomic E-state index is 0.226. The summed E-state index contributed by atoms with van der Waals surface area (Å²) in [5.41, 5.74) is 1.58. The minimum Gasteiger partial charge on any atom is -0.342 e. The second-order valence-corrected chi connectivity index (χ2v) is 7.41. The van der Waals surface area contributed by atoms with Gasteiger partial charge in [-0.25, -0.2) is 0 Å². The van der Waals surface area contributed by atoms with E-state index in [0.717, 1.165) is 50.3 Å². The van der Waals surface area contributed by atoms with Gasteiger partial charge in [-0.05, 0) is 63.9 Å². The molecule has 0 bridgehead atoms. The molecule has 0 N–H and O–H groups in total. The number of likely N-dealkylation sites (N-methyl/N-ethyl adjacent to an activating group) is 1. The van der Waals surface area contributed by atoms with Crippen molar-refractivity contribution < 1.29 is 4.79 Å². The van der Waals surface area contributed by atoms with E-state index >= 15 is 0 Å². The van der Waals surface area contributed by atoms with E-state index in [0.29, 0.717) is 0 Å². The van der Waals surface area contributed by atoms with Crippen molar-refractivity contribution in [2.45, 2.75) is 38.5 Å². The van der Waals surface area contributed by atoms with Gasteiger partial charge in [-0.1, -0.05) is 60.7 Å². The number of likely N-dealkylation sites (tertiary alicyclic amines) is 1. The molecule has 0 radical (unpaired) electrons. The molecule has 3 heteroatoms. The van der Waals surface area contributed by atoms with Gasteiger partial charge in [0.15, 0.2) is 0 Å².